The molecule has 0 bridgehead atoms. The first kappa shape index (κ1) is 29.4. The van der Waals surface area contributed by atoms with E-state index in [2.05, 4.69) is 19.7 Å². The van der Waals surface area contributed by atoms with Gasteiger partial charge in [0.2, 0.25) is 0 Å². The van der Waals surface area contributed by atoms with E-state index >= 15 is 0 Å². The van der Waals surface area contributed by atoms with Crippen LogP contribution in [0.4, 0.5) is 11.5 Å². The first-order valence-electron chi connectivity index (χ1n) is 8.76. The summed E-state index contributed by atoms with van der Waals surface area (Å²) in [6, 6.07) is 2.96. The molecule has 16 nitrogen and oxygen atoms in total. The monoisotopic (exact) mass is 535 g/mol. The number of carboxylic acid groups (broad SMARTS) is 2. The van der Waals surface area contributed by atoms with E-state index in [1.54, 1.807) is 0 Å². The van der Waals surface area contributed by atoms with Crippen LogP contribution in [0.1, 0.15) is 42.3 Å². The molecule has 1 aromatic heterocycles. The summed E-state index contributed by atoms with van der Waals surface area (Å²) in [5.74, 6) is -3.74. The Morgan fingerprint density at radius 1 is 1.11 bits per heavy atom. The zero-order valence-corrected chi connectivity index (χ0v) is 19.5. The molecule has 0 unspecified atom stereocenters. The van der Waals surface area contributed by atoms with Gasteiger partial charge in [-0.25, -0.2) is 19.1 Å². The van der Waals surface area contributed by atoms with E-state index in [1.165, 1.54) is 6.92 Å². The van der Waals surface area contributed by atoms with Gasteiger partial charge in [-0.1, -0.05) is 0 Å². The Bertz CT molecular complexity index is 1290. The molecule has 0 saturated carbocycles. The Balaban J connectivity index is 0.00000111. The summed E-state index contributed by atoms with van der Waals surface area (Å²) in [6.45, 7) is 0.464. The summed E-state index contributed by atoms with van der Waals surface area (Å²) in [7, 11) is -8.62. The fourth-order valence-corrected chi connectivity index (χ4v) is 2.56. The molecule has 18 heteroatoms. The second-order valence-corrected chi connectivity index (χ2v) is 9.16. The highest BCUT2D eigenvalue weighted by Crippen LogP contribution is 2.40. The Morgan fingerprint density at radius 2 is 1.60 bits per heavy atom. The maximum Gasteiger partial charge on any atom is 0.469 e. The number of aromatic hydroxyl groups is 1. The van der Waals surface area contributed by atoms with Gasteiger partial charge in [0, 0.05) is 5.56 Å². The van der Waals surface area contributed by atoms with Crippen molar-refractivity contribution in [3.8, 4) is 5.75 Å². The minimum absolute atomic E-state index is 0.0588. The lowest BCUT2D eigenvalue weighted by Crippen LogP contribution is -2.02. The SMILES string of the molecule is CS(=O)(=O)O.Cc1nc(N=Nc2cc(C(=O)O)cc(C(=O)O)c2)c(COP(=O)(O)O)c(C=O)c1O. The summed E-state index contributed by atoms with van der Waals surface area (Å²) in [5, 5.41) is 35.6. The second kappa shape index (κ2) is 11.7. The number of rotatable bonds is 8. The summed E-state index contributed by atoms with van der Waals surface area (Å²) >= 11 is 0. The molecular formula is C17H18N3O13PS. The number of phosphoric acid groups is 1. The maximum absolute atomic E-state index is 11.4. The van der Waals surface area contributed by atoms with Crippen LogP contribution in [0.3, 0.4) is 0 Å². The molecule has 1 heterocycles. The third-order valence-electron chi connectivity index (χ3n) is 3.63. The largest absolute Gasteiger partial charge is 0.505 e. The molecule has 190 valence electrons. The Hall–Kier alpha value is -3.60. The smallest absolute Gasteiger partial charge is 0.469 e. The number of aldehydes is 1. The minimum Gasteiger partial charge on any atom is -0.505 e. The van der Waals surface area contributed by atoms with E-state index in [-0.39, 0.29) is 40.2 Å². The summed E-state index contributed by atoms with van der Waals surface area (Å²) < 4.78 is 41.2. The molecule has 0 radical (unpaired) electrons. The Kier molecular flexibility index (Phi) is 9.83. The summed E-state index contributed by atoms with van der Waals surface area (Å²) in [6.07, 6.45) is 0.919. The van der Waals surface area contributed by atoms with Crippen LogP contribution in [0.25, 0.3) is 0 Å². The number of hydrogen-bond acceptors (Lipinski definition) is 11. The maximum atomic E-state index is 11.4. The molecule has 0 aliphatic rings. The second-order valence-electron chi connectivity index (χ2n) is 6.46. The van der Waals surface area contributed by atoms with Crippen molar-refractivity contribution in [2.45, 2.75) is 13.5 Å². The lowest BCUT2D eigenvalue weighted by Gasteiger charge is -2.12. The molecule has 1 aromatic carbocycles. The molecule has 6 N–H and O–H groups in total. The fraction of sp³-hybridized carbons (Fsp3) is 0.176. The summed E-state index contributed by atoms with van der Waals surface area (Å²) in [4.78, 5) is 55.3. The number of azo groups is 1. The van der Waals surface area contributed by atoms with E-state index in [1.807, 2.05) is 0 Å². The van der Waals surface area contributed by atoms with Crippen molar-refractivity contribution in [3.63, 3.8) is 0 Å². The molecule has 0 fully saturated rings. The van der Waals surface area contributed by atoms with Crippen molar-refractivity contribution in [2.75, 3.05) is 6.26 Å². The van der Waals surface area contributed by atoms with Gasteiger partial charge in [-0.05, 0) is 25.1 Å². The lowest BCUT2D eigenvalue weighted by molar-refractivity contribution is 0.0696. The number of phosphoric ester groups is 1. The van der Waals surface area contributed by atoms with Gasteiger partial charge in [0.1, 0.15) is 5.75 Å². The number of aryl methyl sites for hydroxylation is 1. The molecule has 0 spiro atoms. The van der Waals surface area contributed by atoms with Crippen LogP contribution in [-0.4, -0.2) is 67.5 Å². The van der Waals surface area contributed by atoms with Crippen LogP contribution in [0.15, 0.2) is 28.4 Å². The average Bonchev–Trinajstić information content (AvgIpc) is 2.71. The highest BCUT2D eigenvalue weighted by molar-refractivity contribution is 7.85. The molecule has 0 aliphatic carbocycles. The molecule has 0 atom stereocenters. The van der Waals surface area contributed by atoms with E-state index in [0.29, 0.717) is 6.26 Å². The van der Waals surface area contributed by atoms with Crippen molar-refractivity contribution in [1.82, 2.24) is 4.98 Å². The minimum atomic E-state index is -4.95. The normalized spacial score (nSPS) is 11.6. The van der Waals surface area contributed by atoms with E-state index in [4.69, 9.17) is 24.6 Å². The zero-order chi connectivity index (χ0) is 27.1. The number of pyridine rings is 1. The fourth-order valence-electron chi connectivity index (χ4n) is 2.26. The quantitative estimate of drug-likeness (QED) is 0.122. The van der Waals surface area contributed by atoms with Gasteiger partial charge in [0.05, 0.1) is 40.9 Å². The van der Waals surface area contributed by atoms with Gasteiger partial charge in [0.15, 0.2) is 12.1 Å². The standard InChI is InChI=1S/C16H14N3O10P.CH4O3S/c1-7-13(21)11(5-20)12(6-29-30(26,27)28)14(17-7)19-18-10-3-8(15(22)23)2-9(4-10)16(24)25;1-5(2,3)4/h2-5,21H,6H2,1H3,(H,22,23)(H,24,25)(H2,26,27,28);1H3,(H,2,3,4). The van der Waals surface area contributed by atoms with Crippen molar-refractivity contribution in [1.29, 1.82) is 0 Å². The van der Waals surface area contributed by atoms with Crippen molar-refractivity contribution >= 4 is 47.7 Å². The topological polar surface area (TPSA) is 271 Å². The zero-order valence-electron chi connectivity index (χ0n) is 17.8. The van der Waals surface area contributed by atoms with Crippen LogP contribution in [0.2, 0.25) is 0 Å². The molecule has 2 rings (SSSR count). The molecule has 0 amide bonds. The number of benzene rings is 1. The molecule has 0 aliphatic heterocycles. The van der Waals surface area contributed by atoms with Crippen LogP contribution >= 0.6 is 7.82 Å². The number of carbonyl (C=O) groups is 3. The Labute approximate surface area is 196 Å². The summed E-state index contributed by atoms with van der Waals surface area (Å²) in [5.41, 5.74) is -1.69. The predicted molar refractivity (Wildman–Crippen MR) is 115 cm³/mol. The number of aromatic carboxylic acids is 2. The number of hydrogen-bond donors (Lipinski definition) is 6. The number of nitrogens with zero attached hydrogens (tertiary/aromatic N) is 3. The van der Waals surface area contributed by atoms with Crippen LogP contribution in [0.5, 0.6) is 5.75 Å². The first-order valence-corrected chi connectivity index (χ1v) is 12.1. The highest BCUT2D eigenvalue weighted by atomic mass is 32.2. The first-order chi connectivity index (χ1) is 15.9. The predicted octanol–water partition coefficient (Wildman–Crippen LogP) is 1.83. The molecule has 35 heavy (non-hydrogen) atoms. The van der Waals surface area contributed by atoms with E-state index in [9.17, 15) is 32.5 Å². The van der Waals surface area contributed by atoms with Gasteiger partial charge < -0.3 is 25.1 Å². The van der Waals surface area contributed by atoms with Crippen LogP contribution in [-0.2, 0) is 25.8 Å². The lowest BCUT2D eigenvalue weighted by atomic mass is 10.1. The van der Waals surface area contributed by atoms with Crippen LogP contribution < -0.4 is 0 Å². The third-order valence-corrected chi connectivity index (χ3v) is 4.10. The van der Waals surface area contributed by atoms with Gasteiger partial charge in [-0.3, -0.25) is 13.9 Å². The average molecular weight is 535 g/mol. The van der Waals surface area contributed by atoms with Crippen molar-refractivity contribution in [3.05, 3.63) is 46.1 Å². The Morgan fingerprint density at radius 3 is 2.00 bits per heavy atom. The van der Waals surface area contributed by atoms with Gasteiger partial charge in [-0.15, -0.1) is 10.2 Å². The molecular weight excluding hydrogens is 517 g/mol. The van der Waals surface area contributed by atoms with Crippen molar-refractivity contribution in [2.24, 2.45) is 10.2 Å². The molecule has 0 saturated heterocycles. The van der Waals surface area contributed by atoms with Gasteiger partial charge >= 0.3 is 19.8 Å². The van der Waals surface area contributed by atoms with Crippen LogP contribution in [0, 0.1) is 6.92 Å². The number of carbonyl (C=O) groups excluding carboxylic acids is 1. The van der Waals surface area contributed by atoms with E-state index in [0.717, 1.165) is 18.2 Å². The van der Waals surface area contributed by atoms with Gasteiger partial charge in [-0.2, -0.15) is 8.42 Å². The molecule has 2 aromatic rings. The van der Waals surface area contributed by atoms with Crippen molar-refractivity contribution < 1.29 is 61.5 Å². The highest BCUT2D eigenvalue weighted by Gasteiger charge is 2.22. The van der Waals surface area contributed by atoms with Gasteiger partial charge in [0.25, 0.3) is 10.1 Å². The third kappa shape index (κ3) is 10.0. The number of aromatic nitrogens is 1. The number of carboxylic acids is 2. The van der Waals surface area contributed by atoms with E-state index < -0.39 is 47.8 Å².